The molecular weight excluding hydrogens is 304 g/mol. The van der Waals surface area contributed by atoms with E-state index in [1.54, 1.807) is 6.07 Å². The average Bonchev–Trinajstić information content (AvgIpc) is 3.25. The topological polar surface area (TPSA) is 75.8 Å². The first kappa shape index (κ1) is 16.1. The van der Waals surface area contributed by atoms with Gasteiger partial charge in [0.1, 0.15) is 11.5 Å². The molecule has 1 atom stereocenters. The fourth-order valence-corrected chi connectivity index (χ4v) is 2.63. The normalized spacial score (nSPS) is 12.3. The number of amides is 1. The maximum absolute atomic E-state index is 12.3. The number of furan rings is 1. The van der Waals surface area contributed by atoms with Crippen LogP contribution in [-0.2, 0) is 13.5 Å². The van der Waals surface area contributed by atoms with Gasteiger partial charge >= 0.3 is 0 Å². The van der Waals surface area contributed by atoms with Crippen molar-refractivity contribution in [2.24, 2.45) is 7.05 Å². The van der Waals surface area contributed by atoms with Crippen LogP contribution in [0.1, 0.15) is 35.3 Å². The van der Waals surface area contributed by atoms with E-state index in [2.05, 4.69) is 26.1 Å². The molecular formula is C18H22N4O2. The lowest BCUT2D eigenvalue weighted by molar-refractivity contribution is 0.0933. The summed E-state index contributed by atoms with van der Waals surface area (Å²) in [6.07, 6.45) is 3.82. The van der Waals surface area contributed by atoms with E-state index < -0.39 is 0 Å². The highest BCUT2D eigenvalue weighted by atomic mass is 16.3. The zero-order chi connectivity index (χ0) is 17.1. The van der Waals surface area contributed by atoms with Gasteiger partial charge in [-0.15, -0.1) is 0 Å². The molecule has 1 amide bonds. The van der Waals surface area contributed by atoms with Gasteiger partial charge in [0.2, 0.25) is 0 Å². The second-order valence-electron chi connectivity index (χ2n) is 6.10. The van der Waals surface area contributed by atoms with Gasteiger partial charge in [-0.1, -0.05) is 0 Å². The third-order valence-electron chi connectivity index (χ3n) is 4.08. The van der Waals surface area contributed by atoms with Crippen molar-refractivity contribution in [2.75, 3.05) is 0 Å². The Balaban J connectivity index is 1.56. The van der Waals surface area contributed by atoms with E-state index in [4.69, 9.17) is 4.42 Å². The van der Waals surface area contributed by atoms with E-state index in [1.165, 1.54) is 5.69 Å². The first-order valence-corrected chi connectivity index (χ1v) is 8.06. The first-order chi connectivity index (χ1) is 11.5. The number of carbonyl (C=O) groups excluding carboxylic acids is 1. The van der Waals surface area contributed by atoms with Crippen LogP contribution >= 0.6 is 0 Å². The molecule has 0 aliphatic carbocycles. The third kappa shape index (κ3) is 3.59. The zero-order valence-corrected chi connectivity index (χ0v) is 14.2. The maximum Gasteiger partial charge on any atom is 0.272 e. The van der Waals surface area contributed by atoms with Gasteiger partial charge in [-0.2, -0.15) is 5.10 Å². The van der Waals surface area contributed by atoms with E-state index in [1.807, 2.05) is 45.3 Å². The number of hydrogen-bond acceptors (Lipinski definition) is 3. The molecule has 0 fully saturated rings. The molecule has 0 bridgehead atoms. The van der Waals surface area contributed by atoms with Crippen LogP contribution in [0, 0.1) is 6.92 Å². The second kappa shape index (κ2) is 6.78. The second-order valence-corrected chi connectivity index (χ2v) is 6.10. The summed E-state index contributed by atoms with van der Waals surface area (Å²) < 4.78 is 7.63. The quantitative estimate of drug-likeness (QED) is 0.731. The molecule has 0 spiro atoms. The number of hydrogen-bond donors (Lipinski definition) is 2. The highest BCUT2D eigenvalue weighted by Crippen LogP contribution is 2.20. The summed E-state index contributed by atoms with van der Waals surface area (Å²) in [5.74, 6) is 1.32. The number of carbonyl (C=O) groups is 1. The van der Waals surface area contributed by atoms with Crippen molar-refractivity contribution in [3.05, 3.63) is 53.7 Å². The number of aromatic amines is 1. The van der Waals surface area contributed by atoms with Crippen molar-refractivity contribution in [2.45, 2.75) is 32.7 Å². The summed E-state index contributed by atoms with van der Waals surface area (Å²) in [7, 11) is 2.03. The molecule has 3 aromatic heterocycles. The number of rotatable bonds is 6. The SMILES string of the molecule is Cc1ccc(-c2cc(C(=O)NC(C)CCc3cccn3C)n[nH]2)o1. The predicted molar refractivity (Wildman–Crippen MR) is 91.7 cm³/mol. The smallest absolute Gasteiger partial charge is 0.272 e. The van der Waals surface area contributed by atoms with Crippen LogP contribution in [-0.4, -0.2) is 26.7 Å². The van der Waals surface area contributed by atoms with Crippen molar-refractivity contribution in [1.29, 1.82) is 0 Å². The summed E-state index contributed by atoms with van der Waals surface area (Å²) in [4.78, 5) is 12.3. The van der Waals surface area contributed by atoms with Crippen molar-refractivity contribution < 1.29 is 9.21 Å². The van der Waals surface area contributed by atoms with E-state index in [-0.39, 0.29) is 11.9 Å². The monoisotopic (exact) mass is 326 g/mol. The van der Waals surface area contributed by atoms with E-state index >= 15 is 0 Å². The van der Waals surface area contributed by atoms with Crippen LogP contribution in [0.4, 0.5) is 0 Å². The standard InChI is InChI=1S/C18H22N4O2/c1-12(6-8-14-5-4-10-22(14)3)19-18(23)16-11-15(20-21-16)17-9-7-13(2)24-17/h4-5,7,9-12H,6,8H2,1-3H3,(H,19,23)(H,20,21). The molecule has 0 radical (unpaired) electrons. The Morgan fingerprint density at radius 3 is 2.92 bits per heavy atom. The Morgan fingerprint density at radius 2 is 2.25 bits per heavy atom. The average molecular weight is 326 g/mol. The van der Waals surface area contributed by atoms with Crippen molar-refractivity contribution in [3.63, 3.8) is 0 Å². The van der Waals surface area contributed by atoms with Gasteiger partial charge in [0.05, 0.1) is 0 Å². The lowest BCUT2D eigenvalue weighted by Gasteiger charge is -2.13. The van der Waals surface area contributed by atoms with Gasteiger partial charge in [0.25, 0.3) is 5.91 Å². The molecule has 6 nitrogen and oxygen atoms in total. The Morgan fingerprint density at radius 1 is 1.42 bits per heavy atom. The van der Waals surface area contributed by atoms with Crippen LogP contribution in [0.3, 0.4) is 0 Å². The highest BCUT2D eigenvalue weighted by Gasteiger charge is 2.15. The summed E-state index contributed by atoms with van der Waals surface area (Å²) >= 11 is 0. The molecule has 0 aliphatic heterocycles. The molecule has 1 unspecified atom stereocenters. The number of aromatic nitrogens is 3. The molecule has 126 valence electrons. The molecule has 2 N–H and O–H groups in total. The molecule has 0 aromatic carbocycles. The van der Waals surface area contributed by atoms with Gasteiger partial charge in [-0.3, -0.25) is 9.89 Å². The first-order valence-electron chi connectivity index (χ1n) is 8.06. The van der Waals surface area contributed by atoms with Gasteiger partial charge < -0.3 is 14.3 Å². The number of nitrogens with zero attached hydrogens (tertiary/aromatic N) is 2. The highest BCUT2D eigenvalue weighted by molar-refractivity contribution is 5.93. The largest absolute Gasteiger partial charge is 0.460 e. The predicted octanol–water partition coefficient (Wildman–Crippen LogP) is 3.07. The van der Waals surface area contributed by atoms with E-state index in [0.717, 1.165) is 18.6 Å². The number of nitrogens with one attached hydrogen (secondary N) is 2. The third-order valence-corrected chi connectivity index (χ3v) is 4.08. The Labute approximate surface area is 140 Å². The molecule has 3 aromatic rings. The zero-order valence-electron chi connectivity index (χ0n) is 14.2. The van der Waals surface area contributed by atoms with Crippen LogP contribution in [0.15, 0.2) is 40.9 Å². The van der Waals surface area contributed by atoms with Gasteiger partial charge in [-0.05, 0) is 51.0 Å². The number of aryl methyl sites for hydroxylation is 3. The van der Waals surface area contributed by atoms with Gasteiger partial charge in [0, 0.05) is 31.0 Å². The lowest BCUT2D eigenvalue weighted by Crippen LogP contribution is -2.33. The van der Waals surface area contributed by atoms with Crippen molar-refractivity contribution in [1.82, 2.24) is 20.1 Å². The molecule has 0 saturated carbocycles. The van der Waals surface area contributed by atoms with Crippen molar-refractivity contribution >= 4 is 5.91 Å². The molecule has 6 heteroatoms. The number of H-pyrrole nitrogens is 1. The summed E-state index contributed by atoms with van der Waals surface area (Å²) in [6.45, 7) is 3.88. The molecule has 0 saturated heterocycles. The molecule has 3 heterocycles. The van der Waals surface area contributed by atoms with Gasteiger partial charge in [0.15, 0.2) is 11.5 Å². The van der Waals surface area contributed by atoms with Crippen molar-refractivity contribution in [3.8, 4) is 11.5 Å². The van der Waals surface area contributed by atoms with Crippen LogP contribution in [0.2, 0.25) is 0 Å². The van der Waals surface area contributed by atoms with Gasteiger partial charge in [-0.25, -0.2) is 0 Å². The fraction of sp³-hybridized carbons (Fsp3) is 0.333. The summed E-state index contributed by atoms with van der Waals surface area (Å²) in [5.41, 5.74) is 2.32. The van der Waals surface area contributed by atoms with Crippen LogP contribution < -0.4 is 5.32 Å². The minimum atomic E-state index is -0.180. The molecule has 3 rings (SSSR count). The molecule has 0 aliphatic rings. The summed E-state index contributed by atoms with van der Waals surface area (Å²) in [6, 6.07) is 9.63. The molecule has 24 heavy (non-hydrogen) atoms. The minimum Gasteiger partial charge on any atom is -0.460 e. The minimum absolute atomic E-state index is 0.0680. The Kier molecular flexibility index (Phi) is 4.55. The van der Waals surface area contributed by atoms with Crippen LogP contribution in [0.5, 0.6) is 0 Å². The fourth-order valence-electron chi connectivity index (χ4n) is 2.63. The maximum atomic E-state index is 12.3. The lowest BCUT2D eigenvalue weighted by atomic mass is 10.1. The van der Waals surface area contributed by atoms with E-state index in [9.17, 15) is 4.79 Å². The van der Waals surface area contributed by atoms with Crippen LogP contribution in [0.25, 0.3) is 11.5 Å². The Bertz CT molecular complexity index is 828. The van der Waals surface area contributed by atoms with E-state index in [0.29, 0.717) is 17.1 Å². The Hall–Kier alpha value is -2.76. The summed E-state index contributed by atoms with van der Waals surface area (Å²) in [5, 5.41) is 9.91.